The van der Waals surface area contributed by atoms with Crippen molar-refractivity contribution in [1.29, 1.82) is 0 Å². The summed E-state index contributed by atoms with van der Waals surface area (Å²) in [4.78, 5) is 37.9. The number of nitrogens with one attached hydrogen (secondary N) is 2. The average molecular weight is 441 g/mol. The molecule has 1 aromatic carbocycles. The molecule has 150 valence electrons. The Hall–Kier alpha value is -2.03. The Labute approximate surface area is 177 Å². The van der Waals surface area contributed by atoms with Crippen LogP contribution >= 0.6 is 34.7 Å². The molecule has 0 aliphatic rings. The molecule has 6 nitrogen and oxygen atoms in total. The van der Waals surface area contributed by atoms with Crippen LogP contribution in [0.15, 0.2) is 29.2 Å². The number of methoxy groups -OCH3 is 1. The summed E-state index contributed by atoms with van der Waals surface area (Å²) >= 11 is 8.82. The van der Waals surface area contributed by atoms with Gasteiger partial charge in [0, 0.05) is 21.2 Å². The van der Waals surface area contributed by atoms with Crippen LogP contribution in [-0.4, -0.2) is 30.8 Å². The first-order valence-corrected chi connectivity index (χ1v) is 10.7. The lowest BCUT2D eigenvalue weighted by Crippen LogP contribution is -2.31. The third kappa shape index (κ3) is 6.25. The van der Waals surface area contributed by atoms with Crippen molar-refractivity contribution in [2.24, 2.45) is 0 Å². The summed E-state index contributed by atoms with van der Waals surface area (Å²) in [5.41, 5.74) is 1.01. The number of aryl methyl sites for hydroxylation is 1. The largest absolute Gasteiger partial charge is 0.453 e. The number of thiophene rings is 1. The van der Waals surface area contributed by atoms with E-state index in [2.05, 4.69) is 15.4 Å². The molecule has 0 saturated carbocycles. The Kier molecular flexibility index (Phi) is 8.35. The van der Waals surface area contributed by atoms with Crippen molar-refractivity contribution in [2.45, 2.75) is 31.6 Å². The highest BCUT2D eigenvalue weighted by atomic mass is 35.5. The lowest BCUT2D eigenvalue weighted by Gasteiger charge is -2.08. The monoisotopic (exact) mass is 440 g/mol. The van der Waals surface area contributed by atoms with Gasteiger partial charge in [0.2, 0.25) is 5.91 Å². The first-order chi connectivity index (χ1) is 13.3. The molecule has 0 aliphatic carbocycles. The number of carbonyl (C=O) groups excluding carboxylic acids is 3. The highest BCUT2D eigenvalue weighted by molar-refractivity contribution is 7.99. The fourth-order valence-electron chi connectivity index (χ4n) is 2.34. The zero-order valence-electron chi connectivity index (χ0n) is 15.8. The SMILES string of the molecule is COC(=O)NC(=O)c1c(NC(=O)CCCSc2ccc(Cl)cc2)sc(C)c1C. The number of halogens is 1. The minimum atomic E-state index is -0.843. The Morgan fingerprint density at radius 1 is 1.18 bits per heavy atom. The van der Waals surface area contributed by atoms with Gasteiger partial charge in [0.05, 0.1) is 12.7 Å². The molecule has 9 heteroatoms. The number of alkyl carbamates (subject to hydrolysis) is 1. The molecule has 0 atom stereocenters. The fraction of sp³-hybridized carbons (Fsp3) is 0.316. The number of ether oxygens (including phenoxy) is 1. The maximum atomic E-state index is 12.3. The van der Waals surface area contributed by atoms with Crippen molar-refractivity contribution >= 4 is 57.6 Å². The molecule has 2 aromatic rings. The summed E-state index contributed by atoms with van der Waals surface area (Å²) in [6, 6.07) is 7.55. The lowest BCUT2D eigenvalue weighted by molar-refractivity contribution is -0.116. The quantitative estimate of drug-likeness (QED) is 0.466. The number of imide groups is 1. The van der Waals surface area contributed by atoms with Crippen LogP contribution in [0.5, 0.6) is 0 Å². The van der Waals surface area contributed by atoms with E-state index in [0.29, 0.717) is 22.9 Å². The average Bonchev–Trinajstić information content (AvgIpc) is 2.93. The van der Waals surface area contributed by atoms with Crippen LogP contribution in [0.25, 0.3) is 0 Å². The number of amides is 3. The molecular formula is C19H21ClN2O4S2. The highest BCUT2D eigenvalue weighted by Crippen LogP contribution is 2.32. The van der Waals surface area contributed by atoms with E-state index >= 15 is 0 Å². The number of rotatable bonds is 7. The van der Waals surface area contributed by atoms with Gasteiger partial charge in [-0.3, -0.25) is 14.9 Å². The summed E-state index contributed by atoms with van der Waals surface area (Å²) in [6.07, 6.45) is 0.172. The molecule has 0 radical (unpaired) electrons. The fourth-order valence-corrected chi connectivity index (χ4v) is 4.39. The predicted octanol–water partition coefficient (Wildman–Crippen LogP) is 5.03. The number of hydrogen-bond acceptors (Lipinski definition) is 6. The molecule has 0 spiro atoms. The summed E-state index contributed by atoms with van der Waals surface area (Å²) < 4.78 is 4.45. The van der Waals surface area contributed by atoms with Crippen LogP contribution < -0.4 is 10.6 Å². The van der Waals surface area contributed by atoms with Gasteiger partial charge in [0.1, 0.15) is 5.00 Å². The van der Waals surface area contributed by atoms with E-state index in [1.807, 2.05) is 31.2 Å². The first kappa shape index (κ1) is 22.3. The van der Waals surface area contributed by atoms with E-state index in [1.165, 1.54) is 18.4 Å². The van der Waals surface area contributed by atoms with Crippen molar-refractivity contribution < 1.29 is 19.1 Å². The molecule has 2 N–H and O–H groups in total. The van der Waals surface area contributed by atoms with E-state index in [9.17, 15) is 14.4 Å². The summed E-state index contributed by atoms with van der Waals surface area (Å²) in [6.45, 7) is 3.63. The van der Waals surface area contributed by atoms with Gasteiger partial charge in [-0.1, -0.05) is 11.6 Å². The molecule has 1 heterocycles. The van der Waals surface area contributed by atoms with Crippen molar-refractivity contribution in [3.8, 4) is 0 Å². The molecule has 3 amide bonds. The zero-order valence-corrected chi connectivity index (χ0v) is 18.1. The van der Waals surface area contributed by atoms with Gasteiger partial charge < -0.3 is 10.1 Å². The first-order valence-electron chi connectivity index (χ1n) is 8.49. The number of thioether (sulfide) groups is 1. The van der Waals surface area contributed by atoms with E-state index in [1.54, 1.807) is 18.7 Å². The molecule has 0 fully saturated rings. The van der Waals surface area contributed by atoms with Gasteiger partial charge >= 0.3 is 6.09 Å². The normalized spacial score (nSPS) is 10.4. The number of carbonyl (C=O) groups is 3. The van der Waals surface area contributed by atoms with Crippen molar-refractivity contribution in [3.05, 3.63) is 45.3 Å². The third-order valence-electron chi connectivity index (χ3n) is 3.90. The second-order valence-corrected chi connectivity index (χ2v) is 8.72. The molecule has 1 aromatic heterocycles. The molecule has 0 saturated heterocycles. The topological polar surface area (TPSA) is 84.5 Å². The van der Waals surface area contributed by atoms with Gasteiger partial charge in [-0.15, -0.1) is 23.1 Å². The standard InChI is InChI=1S/C19H21ClN2O4S2/c1-11-12(2)28-18(16(11)17(24)22-19(25)26-3)21-15(23)5-4-10-27-14-8-6-13(20)7-9-14/h6-9H,4-5,10H2,1-3H3,(H,21,23)(H,22,24,25). The van der Waals surface area contributed by atoms with E-state index in [4.69, 9.17) is 11.6 Å². The molecule has 0 unspecified atom stereocenters. The van der Waals surface area contributed by atoms with Gasteiger partial charge in [0.15, 0.2) is 0 Å². The molecule has 28 heavy (non-hydrogen) atoms. The summed E-state index contributed by atoms with van der Waals surface area (Å²) in [5.74, 6) is 0.0140. The third-order valence-corrected chi connectivity index (χ3v) is 6.37. The van der Waals surface area contributed by atoms with Crippen molar-refractivity contribution in [2.75, 3.05) is 18.2 Å². The minimum absolute atomic E-state index is 0.176. The molecule has 2 rings (SSSR count). The van der Waals surface area contributed by atoms with Gasteiger partial charge in [0.25, 0.3) is 5.91 Å². The Morgan fingerprint density at radius 3 is 2.50 bits per heavy atom. The van der Waals surface area contributed by atoms with Crippen LogP contribution in [0.4, 0.5) is 9.80 Å². The Morgan fingerprint density at radius 2 is 1.86 bits per heavy atom. The number of hydrogen-bond donors (Lipinski definition) is 2. The van der Waals surface area contributed by atoms with Crippen LogP contribution in [0.3, 0.4) is 0 Å². The Bertz CT molecular complexity index is 866. The van der Waals surface area contributed by atoms with E-state index in [0.717, 1.165) is 21.1 Å². The van der Waals surface area contributed by atoms with Gasteiger partial charge in [-0.25, -0.2) is 4.79 Å². The van der Waals surface area contributed by atoms with Gasteiger partial charge in [-0.2, -0.15) is 0 Å². The zero-order chi connectivity index (χ0) is 20.7. The summed E-state index contributed by atoms with van der Waals surface area (Å²) in [5, 5.41) is 6.05. The Balaban J connectivity index is 1.90. The van der Waals surface area contributed by atoms with Crippen LogP contribution in [0.2, 0.25) is 5.02 Å². The van der Waals surface area contributed by atoms with Crippen LogP contribution in [0, 0.1) is 13.8 Å². The molecule has 0 aliphatic heterocycles. The van der Waals surface area contributed by atoms with Gasteiger partial charge in [-0.05, 0) is 55.9 Å². The molecule has 0 bridgehead atoms. The highest BCUT2D eigenvalue weighted by Gasteiger charge is 2.22. The number of benzene rings is 1. The molecular weight excluding hydrogens is 420 g/mol. The van der Waals surface area contributed by atoms with E-state index in [-0.39, 0.29) is 11.5 Å². The maximum Gasteiger partial charge on any atom is 0.413 e. The van der Waals surface area contributed by atoms with Crippen molar-refractivity contribution in [1.82, 2.24) is 5.32 Å². The smallest absolute Gasteiger partial charge is 0.413 e. The maximum absolute atomic E-state index is 12.3. The number of anilines is 1. The lowest BCUT2D eigenvalue weighted by atomic mass is 10.1. The summed E-state index contributed by atoms with van der Waals surface area (Å²) in [7, 11) is 1.18. The second kappa shape index (κ2) is 10.5. The minimum Gasteiger partial charge on any atom is -0.453 e. The van der Waals surface area contributed by atoms with Crippen LogP contribution in [0.1, 0.15) is 33.6 Å². The van der Waals surface area contributed by atoms with Crippen molar-refractivity contribution in [3.63, 3.8) is 0 Å². The predicted molar refractivity (Wildman–Crippen MR) is 114 cm³/mol. The second-order valence-electron chi connectivity index (χ2n) is 5.89. The van der Waals surface area contributed by atoms with E-state index < -0.39 is 12.0 Å². The van der Waals surface area contributed by atoms with Crippen LogP contribution in [-0.2, 0) is 9.53 Å².